The van der Waals surface area contributed by atoms with Crippen LogP contribution in [0.25, 0.3) is 0 Å². The van der Waals surface area contributed by atoms with Crippen LogP contribution in [0.1, 0.15) is 233 Å². The van der Waals surface area contributed by atoms with Gasteiger partial charge in [0.15, 0.2) is 0 Å². The van der Waals surface area contributed by atoms with Crippen LogP contribution >= 0.6 is 0 Å². The molecular weight excluding hydrogens is 815 g/mol. The number of aliphatic hydroxyl groups excluding tert-OH is 2. The first-order valence-electron chi connectivity index (χ1n) is 27.2. The molecule has 3 atom stereocenters. The Kier molecular flexibility index (Phi) is 49.7. The molecule has 0 fully saturated rings. The molecule has 0 aromatic carbocycles. The van der Waals surface area contributed by atoms with Crippen molar-refractivity contribution in [1.29, 1.82) is 0 Å². The zero-order chi connectivity index (χ0) is 48.1. The molecule has 3 N–H and O–H groups in total. The lowest BCUT2D eigenvalue weighted by molar-refractivity contribution is -0.151. The zero-order valence-electron chi connectivity index (χ0n) is 42.8. The van der Waals surface area contributed by atoms with Crippen LogP contribution < -0.4 is 5.32 Å². The molecule has 6 nitrogen and oxygen atoms in total. The van der Waals surface area contributed by atoms with E-state index >= 15 is 0 Å². The normalized spacial score (nSPS) is 14.1. The van der Waals surface area contributed by atoms with Gasteiger partial charge in [-0.1, -0.05) is 252 Å². The van der Waals surface area contributed by atoms with Crippen LogP contribution in [0.2, 0.25) is 0 Å². The number of hydrogen-bond acceptors (Lipinski definition) is 5. The summed E-state index contributed by atoms with van der Waals surface area (Å²) in [6.45, 7) is 6.28. The van der Waals surface area contributed by atoms with Crippen molar-refractivity contribution >= 4 is 11.9 Å². The fourth-order valence-corrected chi connectivity index (χ4v) is 7.63. The molecule has 0 radical (unpaired) electrons. The maximum atomic E-state index is 13.2. The second-order valence-corrected chi connectivity index (χ2v) is 18.0. The first kappa shape index (κ1) is 62.5. The SMILES string of the molecule is CC/C=C/C=C/C=C\C=C/C=C/CCCC(=O)OC(CCC/C=C\C/C=C\C/C=C\C/C=C\CCCCC)CC(=O)NC(CO)C(O)CCCCCCCCCCCCCCCCCCC. The maximum absolute atomic E-state index is 13.2. The average Bonchev–Trinajstić information content (AvgIpc) is 3.31. The summed E-state index contributed by atoms with van der Waals surface area (Å²) in [5.41, 5.74) is 0. The molecule has 6 heteroatoms. The van der Waals surface area contributed by atoms with Gasteiger partial charge in [0.2, 0.25) is 5.91 Å². The van der Waals surface area contributed by atoms with E-state index in [1.807, 2.05) is 54.7 Å². The molecule has 0 rings (SSSR count). The lowest BCUT2D eigenvalue weighted by Crippen LogP contribution is -2.46. The highest BCUT2D eigenvalue weighted by molar-refractivity contribution is 5.77. The number of amides is 1. The van der Waals surface area contributed by atoms with Crippen LogP contribution in [0.3, 0.4) is 0 Å². The summed E-state index contributed by atoms with van der Waals surface area (Å²) in [5.74, 6) is -0.624. The second-order valence-electron chi connectivity index (χ2n) is 18.0. The van der Waals surface area contributed by atoms with E-state index in [9.17, 15) is 19.8 Å². The topological polar surface area (TPSA) is 95.9 Å². The number of carbonyl (C=O) groups is 2. The largest absolute Gasteiger partial charge is 0.462 e. The number of hydrogen-bond donors (Lipinski definition) is 3. The van der Waals surface area contributed by atoms with Gasteiger partial charge in [-0.15, -0.1) is 0 Å². The summed E-state index contributed by atoms with van der Waals surface area (Å²) in [5, 5.41) is 23.8. The lowest BCUT2D eigenvalue weighted by atomic mass is 10.0. The van der Waals surface area contributed by atoms with E-state index < -0.39 is 18.2 Å². The highest BCUT2D eigenvalue weighted by Crippen LogP contribution is 2.17. The molecule has 66 heavy (non-hydrogen) atoms. The third-order valence-corrected chi connectivity index (χ3v) is 11.7. The molecule has 3 unspecified atom stereocenters. The van der Waals surface area contributed by atoms with Crippen LogP contribution in [-0.4, -0.2) is 46.9 Å². The minimum atomic E-state index is -0.822. The molecule has 0 aliphatic carbocycles. The standard InChI is InChI=1S/C60H101NO5/c1-4-7-10-13-16-19-22-25-27-29-31-34-36-39-42-45-48-51-56(66-60(65)53-50-47-44-41-38-33-24-21-18-15-12-9-6-3)54-59(64)61-57(55-62)58(63)52-49-46-43-40-37-35-32-30-28-26-23-20-17-14-11-8-5-2/h9,12,15-16,18-19,21,24-25,27,31,33-34,38-39,41-42,44,56-58,62-63H,4-8,10-11,13-14,17,20,22-23,26,28-30,32,35-37,40,43,45-55H2,1-3H3,(H,61,64)/b12-9+,18-15+,19-16-,24-21-,27-25-,34-31-,38-33-,42-39-,44-41+. The molecule has 0 aliphatic heterocycles. The summed E-state index contributed by atoms with van der Waals surface area (Å²) in [4.78, 5) is 26.1. The van der Waals surface area contributed by atoms with Crippen molar-refractivity contribution in [3.05, 3.63) is 109 Å². The van der Waals surface area contributed by atoms with E-state index in [1.54, 1.807) is 0 Å². The van der Waals surface area contributed by atoms with Gasteiger partial charge in [0.05, 0.1) is 25.2 Å². The molecular formula is C60H101NO5. The van der Waals surface area contributed by atoms with E-state index in [0.717, 1.165) is 64.2 Å². The third kappa shape index (κ3) is 47.0. The fourth-order valence-electron chi connectivity index (χ4n) is 7.63. The highest BCUT2D eigenvalue weighted by Gasteiger charge is 2.24. The van der Waals surface area contributed by atoms with Crippen LogP contribution in [0.4, 0.5) is 0 Å². The van der Waals surface area contributed by atoms with Crippen LogP contribution in [-0.2, 0) is 14.3 Å². The van der Waals surface area contributed by atoms with Gasteiger partial charge in [-0.05, 0) is 77.0 Å². The Morgan fingerprint density at radius 2 is 0.894 bits per heavy atom. The van der Waals surface area contributed by atoms with Gasteiger partial charge < -0.3 is 20.3 Å². The average molecular weight is 916 g/mol. The predicted molar refractivity (Wildman–Crippen MR) is 287 cm³/mol. The molecule has 0 saturated carbocycles. The molecule has 0 spiro atoms. The molecule has 0 aromatic heterocycles. The monoisotopic (exact) mass is 916 g/mol. The number of nitrogens with one attached hydrogen (secondary N) is 1. The minimum Gasteiger partial charge on any atom is -0.462 e. The molecule has 0 bridgehead atoms. The summed E-state index contributed by atoms with van der Waals surface area (Å²) < 4.78 is 5.87. The van der Waals surface area contributed by atoms with Gasteiger partial charge in [-0.25, -0.2) is 0 Å². The highest BCUT2D eigenvalue weighted by atomic mass is 16.5. The predicted octanol–water partition coefficient (Wildman–Crippen LogP) is 16.7. The Balaban J connectivity index is 4.74. The van der Waals surface area contributed by atoms with Gasteiger partial charge in [0, 0.05) is 6.42 Å². The number of esters is 1. The van der Waals surface area contributed by atoms with E-state index in [2.05, 4.69) is 80.8 Å². The lowest BCUT2D eigenvalue weighted by Gasteiger charge is -2.24. The zero-order valence-corrected chi connectivity index (χ0v) is 42.8. The molecule has 376 valence electrons. The Labute approximate surface area is 407 Å². The van der Waals surface area contributed by atoms with Crippen LogP contribution in [0.15, 0.2) is 109 Å². The Morgan fingerprint density at radius 1 is 0.470 bits per heavy atom. The van der Waals surface area contributed by atoms with Crippen LogP contribution in [0.5, 0.6) is 0 Å². The van der Waals surface area contributed by atoms with Gasteiger partial charge in [0.1, 0.15) is 6.10 Å². The van der Waals surface area contributed by atoms with Gasteiger partial charge in [-0.3, -0.25) is 9.59 Å². The number of allylic oxidation sites excluding steroid dienone is 18. The van der Waals surface area contributed by atoms with Gasteiger partial charge >= 0.3 is 5.97 Å². The number of carbonyl (C=O) groups excluding carboxylic acids is 2. The summed E-state index contributed by atoms with van der Waals surface area (Å²) in [6.07, 6.45) is 71.6. The van der Waals surface area contributed by atoms with E-state index in [0.29, 0.717) is 19.3 Å². The maximum Gasteiger partial charge on any atom is 0.306 e. The Bertz CT molecular complexity index is 1350. The third-order valence-electron chi connectivity index (χ3n) is 11.7. The van der Waals surface area contributed by atoms with Crippen molar-refractivity contribution in [2.24, 2.45) is 0 Å². The van der Waals surface area contributed by atoms with E-state index in [4.69, 9.17) is 4.74 Å². The van der Waals surface area contributed by atoms with Crippen LogP contribution in [0, 0.1) is 0 Å². The molecule has 0 aliphatic rings. The summed E-state index contributed by atoms with van der Waals surface area (Å²) in [7, 11) is 0. The second kappa shape index (κ2) is 52.5. The van der Waals surface area contributed by atoms with E-state index in [1.165, 1.54) is 116 Å². The number of ether oxygens (including phenoxy) is 1. The van der Waals surface area contributed by atoms with Crippen molar-refractivity contribution in [2.45, 2.75) is 251 Å². The Hall–Kier alpha value is -3.48. The number of rotatable bonds is 47. The van der Waals surface area contributed by atoms with E-state index in [-0.39, 0.29) is 31.3 Å². The quantitative estimate of drug-likeness (QED) is 0.0245. The van der Waals surface area contributed by atoms with Crippen molar-refractivity contribution in [1.82, 2.24) is 5.32 Å². The van der Waals surface area contributed by atoms with Gasteiger partial charge in [0.25, 0.3) is 0 Å². The molecule has 0 heterocycles. The summed E-state index contributed by atoms with van der Waals surface area (Å²) >= 11 is 0. The fraction of sp³-hybridized carbons (Fsp3) is 0.667. The minimum absolute atomic E-state index is 0.00496. The Morgan fingerprint density at radius 3 is 1.39 bits per heavy atom. The van der Waals surface area contributed by atoms with Crippen molar-refractivity contribution in [3.8, 4) is 0 Å². The van der Waals surface area contributed by atoms with Crippen molar-refractivity contribution in [3.63, 3.8) is 0 Å². The molecule has 1 amide bonds. The number of unbranched alkanes of at least 4 members (excludes halogenated alkanes) is 21. The number of aliphatic hydroxyl groups is 2. The summed E-state index contributed by atoms with van der Waals surface area (Å²) in [6, 6.07) is -0.741. The first-order valence-corrected chi connectivity index (χ1v) is 27.2. The molecule has 0 saturated heterocycles. The first-order chi connectivity index (χ1) is 32.5. The molecule has 0 aromatic rings. The van der Waals surface area contributed by atoms with Gasteiger partial charge in [-0.2, -0.15) is 0 Å². The van der Waals surface area contributed by atoms with Crippen molar-refractivity contribution < 1.29 is 24.5 Å². The smallest absolute Gasteiger partial charge is 0.306 e. The van der Waals surface area contributed by atoms with Crippen molar-refractivity contribution in [2.75, 3.05) is 6.61 Å².